The third-order valence-electron chi connectivity index (χ3n) is 1.67. The first-order valence-corrected chi connectivity index (χ1v) is 4.97. The van der Waals surface area contributed by atoms with E-state index in [1.807, 2.05) is 6.92 Å². The highest BCUT2D eigenvalue weighted by molar-refractivity contribution is 6.35. The lowest BCUT2D eigenvalue weighted by Crippen LogP contribution is -2.13. The molecule has 0 amide bonds. The van der Waals surface area contributed by atoms with Crippen LogP contribution in [0.15, 0.2) is 18.2 Å². The van der Waals surface area contributed by atoms with Gasteiger partial charge in [-0.15, -0.1) is 0 Å². The number of nitrogens with one attached hydrogen (secondary N) is 1. The van der Waals surface area contributed by atoms with E-state index in [-0.39, 0.29) is 6.04 Å². The molecule has 0 saturated heterocycles. The zero-order valence-electron chi connectivity index (χ0n) is 7.72. The quantitative estimate of drug-likeness (QED) is 0.857. The maximum Gasteiger partial charge on any atom is 0.0643 e. The Balaban J connectivity index is 2.72. The Morgan fingerprint density at radius 2 is 1.93 bits per heavy atom. The molecule has 0 radical (unpaired) electrons. The van der Waals surface area contributed by atoms with Gasteiger partial charge in [0.2, 0.25) is 0 Å². The largest absolute Gasteiger partial charge is 0.381 e. The van der Waals surface area contributed by atoms with Crippen molar-refractivity contribution < 1.29 is 0 Å². The Morgan fingerprint density at radius 3 is 2.43 bits per heavy atom. The van der Waals surface area contributed by atoms with Gasteiger partial charge in [0.15, 0.2) is 0 Å². The van der Waals surface area contributed by atoms with Crippen LogP contribution >= 0.6 is 23.2 Å². The molecule has 0 aromatic heterocycles. The molecule has 74 valence electrons. The molecule has 1 N–H and O–H groups in total. The molecule has 1 rings (SSSR count). The van der Waals surface area contributed by atoms with Gasteiger partial charge in [0.25, 0.3) is 0 Å². The summed E-state index contributed by atoms with van der Waals surface area (Å²) >= 11 is 11.6. The van der Waals surface area contributed by atoms with Gasteiger partial charge in [0.1, 0.15) is 0 Å². The molecule has 0 aliphatic carbocycles. The Kier molecular flexibility index (Phi) is 4.06. The molecule has 0 aliphatic heterocycles. The summed E-state index contributed by atoms with van der Waals surface area (Å²) in [5, 5.41) is 12.8. The van der Waals surface area contributed by atoms with E-state index in [9.17, 15) is 0 Å². The predicted octanol–water partition coefficient (Wildman–Crippen LogP) is 3.71. The molecular weight excluding hydrogens is 219 g/mol. The second-order valence-corrected chi connectivity index (χ2v) is 3.94. The highest BCUT2D eigenvalue weighted by atomic mass is 35.5. The van der Waals surface area contributed by atoms with Crippen molar-refractivity contribution in [2.24, 2.45) is 0 Å². The number of benzene rings is 1. The first-order valence-electron chi connectivity index (χ1n) is 4.21. The lowest BCUT2D eigenvalue weighted by Gasteiger charge is -2.12. The monoisotopic (exact) mass is 228 g/mol. The Hall–Kier alpha value is -0.910. The lowest BCUT2D eigenvalue weighted by molar-refractivity contribution is 0.821. The highest BCUT2D eigenvalue weighted by Gasteiger charge is 2.02. The molecule has 0 saturated carbocycles. The average Bonchev–Trinajstić information content (AvgIpc) is 2.01. The van der Waals surface area contributed by atoms with Gasteiger partial charge in [0, 0.05) is 21.8 Å². The van der Waals surface area contributed by atoms with Crippen molar-refractivity contribution in [1.82, 2.24) is 0 Å². The van der Waals surface area contributed by atoms with E-state index >= 15 is 0 Å². The van der Waals surface area contributed by atoms with Gasteiger partial charge in [-0.3, -0.25) is 0 Å². The Labute approximate surface area is 93.4 Å². The number of anilines is 1. The van der Waals surface area contributed by atoms with E-state index in [1.54, 1.807) is 18.2 Å². The molecule has 4 heteroatoms. The van der Waals surface area contributed by atoms with Crippen LogP contribution in [0.25, 0.3) is 0 Å². The lowest BCUT2D eigenvalue weighted by atomic mass is 10.2. The van der Waals surface area contributed by atoms with Gasteiger partial charge in [-0.1, -0.05) is 23.2 Å². The second kappa shape index (κ2) is 5.09. The second-order valence-electron chi connectivity index (χ2n) is 3.07. The molecule has 2 nitrogen and oxygen atoms in total. The van der Waals surface area contributed by atoms with E-state index in [0.717, 1.165) is 5.69 Å². The topological polar surface area (TPSA) is 35.8 Å². The zero-order valence-corrected chi connectivity index (χ0v) is 9.23. The third kappa shape index (κ3) is 3.45. The molecule has 1 atom stereocenters. The predicted molar refractivity (Wildman–Crippen MR) is 59.8 cm³/mol. The van der Waals surface area contributed by atoms with E-state index < -0.39 is 0 Å². The Bertz CT molecular complexity index is 337. The van der Waals surface area contributed by atoms with Crippen LogP contribution in [0, 0.1) is 11.3 Å². The van der Waals surface area contributed by atoms with Crippen LogP contribution in [0.2, 0.25) is 10.0 Å². The van der Waals surface area contributed by atoms with Gasteiger partial charge >= 0.3 is 0 Å². The normalized spacial score (nSPS) is 11.9. The van der Waals surface area contributed by atoms with Crippen molar-refractivity contribution in [2.75, 3.05) is 5.32 Å². The van der Waals surface area contributed by atoms with Gasteiger partial charge in [-0.25, -0.2) is 0 Å². The van der Waals surface area contributed by atoms with Crippen LogP contribution in [-0.4, -0.2) is 6.04 Å². The van der Waals surface area contributed by atoms with Crippen LogP contribution in [0.3, 0.4) is 0 Å². The summed E-state index contributed by atoms with van der Waals surface area (Å²) in [6.07, 6.45) is 0.449. The summed E-state index contributed by atoms with van der Waals surface area (Å²) in [6, 6.07) is 7.41. The molecule has 14 heavy (non-hydrogen) atoms. The summed E-state index contributed by atoms with van der Waals surface area (Å²) in [6.45, 7) is 1.93. The summed E-state index contributed by atoms with van der Waals surface area (Å²) < 4.78 is 0. The van der Waals surface area contributed by atoms with Crippen molar-refractivity contribution in [2.45, 2.75) is 19.4 Å². The van der Waals surface area contributed by atoms with Crippen molar-refractivity contribution in [3.63, 3.8) is 0 Å². The van der Waals surface area contributed by atoms with E-state index in [4.69, 9.17) is 28.5 Å². The highest BCUT2D eigenvalue weighted by Crippen LogP contribution is 2.23. The van der Waals surface area contributed by atoms with Crippen LogP contribution in [0.5, 0.6) is 0 Å². The maximum absolute atomic E-state index is 8.48. The number of hydrogen-bond acceptors (Lipinski definition) is 2. The molecule has 1 aromatic rings. The fourth-order valence-corrected chi connectivity index (χ4v) is 1.64. The van der Waals surface area contributed by atoms with Crippen LogP contribution < -0.4 is 5.32 Å². The fourth-order valence-electron chi connectivity index (χ4n) is 1.11. The molecular formula is C10H10Cl2N2. The minimum atomic E-state index is 0.0922. The number of rotatable bonds is 3. The van der Waals surface area contributed by atoms with Gasteiger partial charge < -0.3 is 5.32 Å². The van der Waals surface area contributed by atoms with E-state index in [1.165, 1.54) is 0 Å². The molecule has 0 heterocycles. The first-order chi connectivity index (χ1) is 6.61. The van der Waals surface area contributed by atoms with Crippen molar-refractivity contribution in [3.8, 4) is 6.07 Å². The summed E-state index contributed by atoms with van der Waals surface area (Å²) in [7, 11) is 0. The average molecular weight is 229 g/mol. The summed E-state index contributed by atoms with van der Waals surface area (Å²) in [5.41, 5.74) is 0.838. The summed E-state index contributed by atoms with van der Waals surface area (Å²) in [5.74, 6) is 0. The minimum absolute atomic E-state index is 0.0922. The molecule has 0 bridgehead atoms. The standard InChI is InChI=1S/C10H10Cl2N2/c1-7(2-3-13)14-10-5-8(11)4-9(12)6-10/h4-7,14H,2H2,1H3. The number of nitrogens with zero attached hydrogens (tertiary/aromatic N) is 1. The smallest absolute Gasteiger partial charge is 0.0643 e. The van der Waals surface area contributed by atoms with Crippen LogP contribution in [-0.2, 0) is 0 Å². The van der Waals surface area contributed by atoms with Gasteiger partial charge in [0.05, 0.1) is 12.5 Å². The minimum Gasteiger partial charge on any atom is -0.381 e. The van der Waals surface area contributed by atoms with Crippen molar-refractivity contribution in [3.05, 3.63) is 28.2 Å². The molecule has 0 aliphatic rings. The van der Waals surface area contributed by atoms with Gasteiger partial charge in [-0.2, -0.15) is 5.26 Å². The number of hydrogen-bond donors (Lipinski definition) is 1. The van der Waals surface area contributed by atoms with E-state index in [0.29, 0.717) is 16.5 Å². The zero-order chi connectivity index (χ0) is 10.6. The fraction of sp³-hybridized carbons (Fsp3) is 0.300. The van der Waals surface area contributed by atoms with Crippen molar-refractivity contribution in [1.29, 1.82) is 5.26 Å². The van der Waals surface area contributed by atoms with E-state index in [2.05, 4.69) is 11.4 Å². The molecule has 0 spiro atoms. The van der Waals surface area contributed by atoms with Crippen LogP contribution in [0.1, 0.15) is 13.3 Å². The molecule has 0 fully saturated rings. The number of nitriles is 1. The third-order valence-corrected chi connectivity index (χ3v) is 2.11. The van der Waals surface area contributed by atoms with Crippen molar-refractivity contribution >= 4 is 28.9 Å². The maximum atomic E-state index is 8.48. The molecule has 1 unspecified atom stereocenters. The van der Waals surface area contributed by atoms with Gasteiger partial charge in [-0.05, 0) is 25.1 Å². The number of halogens is 2. The SMILES string of the molecule is CC(CC#N)Nc1cc(Cl)cc(Cl)c1. The Morgan fingerprint density at radius 1 is 1.36 bits per heavy atom. The molecule has 1 aromatic carbocycles. The first kappa shape index (κ1) is 11.2. The summed E-state index contributed by atoms with van der Waals surface area (Å²) in [4.78, 5) is 0. The van der Waals surface area contributed by atoms with Crippen LogP contribution in [0.4, 0.5) is 5.69 Å².